The molecule has 1 amide bonds. The molecule has 1 fully saturated rings. The van der Waals surface area contributed by atoms with Crippen LogP contribution < -0.4 is 15.4 Å². The van der Waals surface area contributed by atoms with Gasteiger partial charge in [-0.05, 0) is 63.0 Å². The van der Waals surface area contributed by atoms with Gasteiger partial charge in [0.2, 0.25) is 5.91 Å². The Kier molecular flexibility index (Phi) is 5.21. The van der Waals surface area contributed by atoms with Crippen LogP contribution in [0.25, 0.3) is 0 Å². The summed E-state index contributed by atoms with van der Waals surface area (Å²) in [5.41, 5.74) is 0.827. The second kappa shape index (κ2) is 7.14. The Balaban J connectivity index is 1.72. The Labute approximate surface area is 114 Å². The van der Waals surface area contributed by atoms with Crippen molar-refractivity contribution in [3.63, 3.8) is 0 Å². The van der Waals surface area contributed by atoms with E-state index >= 15 is 0 Å². The summed E-state index contributed by atoms with van der Waals surface area (Å²) in [6.45, 7) is 1.68. The van der Waals surface area contributed by atoms with Gasteiger partial charge in [0.25, 0.3) is 0 Å². The van der Waals surface area contributed by atoms with E-state index in [2.05, 4.69) is 10.6 Å². The highest BCUT2D eigenvalue weighted by Gasteiger charge is 2.21. The normalized spacial score (nSPS) is 14.2. The van der Waals surface area contributed by atoms with Gasteiger partial charge in [0.05, 0.1) is 6.61 Å². The summed E-state index contributed by atoms with van der Waals surface area (Å²) in [5, 5.41) is 5.91. The number of hydrogen-bond donors (Lipinski definition) is 2. The van der Waals surface area contributed by atoms with Gasteiger partial charge in [-0.2, -0.15) is 0 Å². The number of carbonyl (C=O) groups is 1. The van der Waals surface area contributed by atoms with E-state index in [0.717, 1.165) is 36.9 Å². The lowest BCUT2D eigenvalue weighted by atomic mass is 10.2. The van der Waals surface area contributed by atoms with Crippen molar-refractivity contribution in [1.29, 1.82) is 0 Å². The molecule has 0 unspecified atom stereocenters. The number of amides is 1. The first-order valence-electron chi connectivity index (χ1n) is 6.95. The maximum Gasteiger partial charge on any atom is 0.224 e. The monoisotopic (exact) mass is 262 g/mol. The van der Waals surface area contributed by atoms with Crippen LogP contribution in [-0.2, 0) is 4.79 Å². The fourth-order valence-electron chi connectivity index (χ4n) is 1.78. The largest absolute Gasteiger partial charge is 0.493 e. The van der Waals surface area contributed by atoms with E-state index in [-0.39, 0.29) is 5.91 Å². The second-order valence-electron chi connectivity index (χ2n) is 5.03. The van der Waals surface area contributed by atoms with Gasteiger partial charge in [0, 0.05) is 12.1 Å². The first-order chi connectivity index (χ1) is 9.28. The van der Waals surface area contributed by atoms with Gasteiger partial charge in [0.15, 0.2) is 0 Å². The van der Waals surface area contributed by atoms with Crippen LogP contribution in [-0.4, -0.2) is 26.1 Å². The molecular weight excluding hydrogens is 240 g/mol. The zero-order chi connectivity index (χ0) is 13.5. The maximum atomic E-state index is 11.6. The van der Waals surface area contributed by atoms with Crippen LogP contribution in [0, 0.1) is 5.92 Å². The quantitative estimate of drug-likeness (QED) is 0.707. The minimum atomic E-state index is 0.0573. The topological polar surface area (TPSA) is 50.4 Å². The molecule has 0 spiro atoms. The summed E-state index contributed by atoms with van der Waals surface area (Å²) < 4.78 is 5.65. The number of ether oxygens (including phenoxy) is 1. The molecule has 0 bridgehead atoms. The molecule has 2 rings (SSSR count). The molecule has 0 atom stereocenters. The number of nitrogens with one attached hydrogen (secondary N) is 2. The Morgan fingerprint density at radius 2 is 2.05 bits per heavy atom. The van der Waals surface area contributed by atoms with E-state index in [4.69, 9.17) is 4.74 Å². The highest BCUT2D eigenvalue weighted by molar-refractivity contribution is 5.90. The van der Waals surface area contributed by atoms with E-state index in [9.17, 15) is 4.79 Å². The first kappa shape index (κ1) is 13.9. The van der Waals surface area contributed by atoms with Crippen molar-refractivity contribution in [2.24, 2.45) is 5.92 Å². The van der Waals surface area contributed by atoms with Gasteiger partial charge in [-0.3, -0.25) is 4.79 Å². The minimum absolute atomic E-state index is 0.0573. The van der Waals surface area contributed by atoms with Crippen LogP contribution in [0.5, 0.6) is 5.75 Å². The van der Waals surface area contributed by atoms with Crippen molar-refractivity contribution in [3.8, 4) is 5.75 Å². The molecule has 0 heterocycles. The van der Waals surface area contributed by atoms with Gasteiger partial charge >= 0.3 is 0 Å². The standard InChI is InChI=1S/C15H22N2O2/c1-16-10-2-3-15(18)17-13-6-8-14(9-7-13)19-11-12-4-5-12/h6-9,12,16H,2-5,10-11H2,1H3,(H,17,18). The molecule has 0 aromatic heterocycles. The lowest BCUT2D eigenvalue weighted by Crippen LogP contribution is -2.15. The van der Waals surface area contributed by atoms with Crippen LogP contribution in [0.2, 0.25) is 0 Å². The van der Waals surface area contributed by atoms with Crippen LogP contribution in [0.1, 0.15) is 25.7 Å². The number of hydrogen-bond acceptors (Lipinski definition) is 3. The highest BCUT2D eigenvalue weighted by atomic mass is 16.5. The molecule has 104 valence electrons. The van der Waals surface area contributed by atoms with E-state index in [0.29, 0.717) is 6.42 Å². The lowest BCUT2D eigenvalue weighted by molar-refractivity contribution is -0.116. The molecule has 2 N–H and O–H groups in total. The van der Waals surface area contributed by atoms with Gasteiger partial charge in [-0.1, -0.05) is 0 Å². The fraction of sp³-hybridized carbons (Fsp3) is 0.533. The first-order valence-corrected chi connectivity index (χ1v) is 6.95. The third-order valence-electron chi connectivity index (χ3n) is 3.15. The third kappa shape index (κ3) is 5.30. The molecular formula is C15H22N2O2. The summed E-state index contributed by atoms with van der Waals surface area (Å²) >= 11 is 0. The zero-order valence-electron chi connectivity index (χ0n) is 11.4. The molecule has 0 aliphatic heterocycles. The summed E-state index contributed by atoms with van der Waals surface area (Å²) in [4.78, 5) is 11.6. The Morgan fingerprint density at radius 1 is 1.32 bits per heavy atom. The summed E-state index contributed by atoms with van der Waals surface area (Å²) in [6.07, 6.45) is 3.98. The van der Waals surface area contributed by atoms with Crippen molar-refractivity contribution in [2.45, 2.75) is 25.7 Å². The highest BCUT2D eigenvalue weighted by Crippen LogP contribution is 2.29. The van der Waals surface area contributed by atoms with E-state index < -0.39 is 0 Å². The molecule has 4 nitrogen and oxygen atoms in total. The Hall–Kier alpha value is -1.55. The minimum Gasteiger partial charge on any atom is -0.493 e. The summed E-state index contributed by atoms with van der Waals surface area (Å²) in [6, 6.07) is 7.59. The van der Waals surface area contributed by atoms with Crippen LogP contribution in [0.3, 0.4) is 0 Å². The molecule has 1 aliphatic rings. The smallest absolute Gasteiger partial charge is 0.224 e. The molecule has 1 saturated carbocycles. The molecule has 1 aromatic rings. The third-order valence-corrected chi connectivity index (χ3v) is 3.15. The predicted octanol–water partition coefficient (Wildman–Crippen LogP) is 2.41. The van der Waals surface area contributed by atoms with Crippen molar-refractivity contribution in [3.05, 3.63) is 24.3 Å². The molecule has 1 aromatic carbocycles. The van der Waals surface area contributed by atoms with Gasteiger partial charge in [0.1, 0.15) is 5.75 Å². The van der Waals surface area contributed by atoms with E-state index in [1.807, 2.05) is 31.3 Å². The Morgan fingerprint density at radius 3 is 2.68 bits per heavy atom. The van der Waals surface area contributed by atoms with Crippen LogP contribution >= 0.6 is 0 Å². The SMILES string of the molecule is CNCCCC(=O)Nc1ccc(OCC2CC2)cc1. The van der Waals surface area contributed by atoms with Crippen molar-refractivity contribution < 1.29 is 9.53 Å². The maximum absolute atomic E-state index is 11.6. The van der Waals surface area contributed by atoms with Gasteiger partial charge in [-0.15, -0.1) is 0 Å². The van der Waals surface area contributed by atoms with Crippen molar-refractivity contribution in [2.75, 3.05) is 25.5 Å². The Bertz CT molecular complexity index is 399. The van der Waals surface area contributed by atoms with Gasteiger partial charge < -0.3 is 15.4 Å². The molecule has 0 radical (unpaired) electrons. The summed E-state index contributed by atoms with van der Waals surface area (Å²) in [5.74, 6) is 1.69. The van der Waals surface area contributed by atoms with Crippen LogP contribution in [0.15, 0.2) is 24.3 Å². The average molecular weight is 262 g/mol. The fourth-order valence-corrected chi connectivity index (χ4v) is 1.78. The van der Waals surface area contributed by atoms with E-state index in [1.54, 1.807) is 0 Å². The van der Waals surface area contributed by atoms with Gasteiger partial charge in [-0.25, -0.2) is 0 Å². The molecule has 19 heavy (non-hydrogen) atoms. The molecule has 4 heteroatoms. The number of carbonyl (C=O) groups excluding carboxylic acids is 1. The average Bonchev–Trinajstić information content (AvgIpc) is 3.22. The number of benzene rings is 1. The van der Waals surface area contributed by atoms with E-state index in [1.165, 1.54) is 12.8 Å². The zero-order valence-corrected chi connectivity index (χ0v) is 11.4. The van der Waals surface area contributed by atoms with Crippen LogP contribution in [0.4, 0.5) is 5.69 Å². The lowest BCUT2D eigenvalue weighted by Gasteiger charge is -2.08. The number of rotatable bonds is 8. The van der Waals surface area contributed by atoms with Crippen molar-refractivity contribution >= 4 is 11.6 Å². The second-order valence-corrected chi connectivity index (χ2v) is 5.03. The molecule has 1 aliphatic carbocycles. The number of anilines is 1. The predicted molar refractivity (Wildman–Crippen MR) is 76.5 cm³/mol. The van der Waals surface area contributed by atoms with Crippen molar-refractivity contribution in [1.82, 2.24) is 5.32 Å². The molecule has 0 saturated heterocycles. The summed E-state index contributed by atoms with van der Waals surface area (Å²) in [7, 11) is 1.89.